The van der Waals surface area contributed by atoms with Crippen molar-refractivity contribution in [2.24, 2.45) is 0 Å². The molecule has 0 fully saturated rings. The predicted molar refractivity (Wildman–Crippen MR) is 48.8 cm³/mol. The van der Waals surface area contributed by atoms with E-state index in [1.807, 2.05) is 0 Å². The molecule has 1 rings (SSSR count). The van der Waals surface area contributed by atoms with Crippen molar-refractivity contribution in [1.29, 1.82) is 0 Å². The number of carbonyl (C=O) groups is 2. The highest BCUT2D eigenvalue weighted by atomic mass is 32.1. The van der Waals surface area contributed by atoms with Crippen LogP contribution in [-0.4, -0.2) is 22.3 Å². The lowest BCUT2D eigenvalue weighted by molar-refractivity contribution is -0.107. The minimum absolute atomic E-state index is 0.0344. The van der Waals surface area contributed by atoms with E-state index in [1.165, 1.54) is 16.8 Å². The van der Waals surface area contributed by atoms with Crippen molar-refractivity contribution >= 4 is 29.7 Å². The molecule has 1 aromatic rings. The Kier molecular flexibility index (Phi) is 3.33. The van der Waals surface area contributed by atoms with Gasteiger partial charge in [-0.15, -0.1) is 11.3 Å². The quantitative estimate of drug-likeness (QED) is 0.741. The van der Waals surface area contributed by atoms with Crippen LogP contribution in [0.15, 0.2) is 11.6 Å². The van der Waals surface area contributed by atoms with Crippen LogP contribution in [0, 0.1) is 0 Å². The van der Waals surface area contributed by atoms with Crippen LogP contribution in [0.5, 0.6) is 0 Å². The predicted octanol–water partition coefficient (Wildman–Crippen LogP) is 1.44. The lowest BCUT2D eigenvalue weighted by atomic mass is 10.3. The second kappa shape index (κ2) is 4.51. The minimum Gasteiger partial charge on any atom is -0.476 e. The van der Waals surface area contributed by atoms with E-state index in [0.717, 1.165) is 6.29 Å². The fourth-order valence-electron chi connectivity index (χ4n) is 0.765. The number of carboxylic acid groups (broad SMARTS) is 1. The van der Waals surface area contributed by atoms with Crippen molar-refractivity contribution in [3.63, 3.8) is 0 Å². The van der Waals surface area contributed by atoms with Gasteiger partial charge in [-0.25, -0.2) is 9.78 Å². The molecule has 5 heteroatoms. The Morgan fingerprint density at radius 1 is 1.69 bits per heavy atom. The second-order valence-corrected chi connectivity index (χ2v) is 3.06. The van der Waals surface area contributed by atoms with Crippen molar-refractivity contribution in [3.05, 3.63) is 22.2 Å². The Balaban J connectivity index is 2.82. The summed E-state index contributed by atoms with van der Waals surface area (Å²) in [4.78, 5) is 24.8. The van der Waals surface area contributed by atoms with Gasteiger partial charge in [0.2, 0.25) is 0 Å². The number of aromatic nitrogens is 1. The first-order chi connectivity index (χ1) is 6.25. The Morgan fingerprint density at radius 3 is 3.08 bits per heavy atom. The molecule has 4 nitrogen and oxygen atoms in total. The Bertz CT molecular complexity index is 343. The maximum Gasteiger partial charge on any atom is 0.356 e. The zero-order valence-corrected chi connectivity index (χ0v) is 7.45. The first-order valence-electron chi connectivity index (χ1n) is 3.52. The largest absolute Gasteiger partial charge is 0.476 e. The highest BCUT2D eigenvalue weighted by Gasteiger charge is 2.10. The summed E-state index contributed by atoms with van der Waals surface area (Å²) >= 11 is 1.23. The first-order valence-corrected chi connectivity index (χ1v) is 4.40. The van der Waals surface area contributed by atoms with Gasteiger partial charge in [0, 0.05) is 6.42 Å². The third-order valence-corrected chi connectivity index (χ3v) is 2.09. The summed E-state index contributed by atoms with van der Waals surface area (Å²) < 4.78 is 0. The molecule has 0 spiro atoms. The van der Waals surface area contributed by atoms with Gasteiger partial charge >= 0.3 is 5.97 Å². The van der Waals surface area contributed by atoms with E-state index < -0.39 is 5.97 Å². The molecule has 0 bridgehead atoms. The Morgan fingerprint density at radius 2 is 2.46 bits per heavy atom. The SMILES string of the molecule is O=CCC=Cc1scnc1C(=O)O. The number of carboxylic acids is 1. The number of aldehydes is 1. The molecule has 0 aliphatic rings. The molecule has 68 valence electrons. The van der Waals surface area contributed by atoms with Crippen molar-refractivity contribution in [1.82, 2.24) is 4.98 Å². The lowest BCUT2D eigenvalue weighted by Gasteiger charge is -1.88. The zero-order chi connectivity index (χ0) is 9.68. The molecule has 1 N–H and O–H groups in total. The summed E-state index contributed by atoms with van der Waals surface area (Å²) in [5.41, 5.74) is 1.50. The molecule has 0 atom stereocenters. The van der Waals surface area contributed by atoms with Gasteiger partial charge < -0.3 is 9.90 Å². The molecule has 0 aromatic carbocycles. The molecule has 0 radical (unpaired) electrons. The van der Waals surface area contributed by atoms with E-state index in [-0.39, 0.29) is 12.1 Å². The normalized spacial score (nSPS) is 10.5. The monoisotopic (exact) mass is 197 g/mol. The number of nitrogens with zero attached hydrogens (tertiary/aromatic N) is 1. The van der Waals surface area contributed by atoms with Crippen LogP contribution in [0.3, 0.4) is 0 Å². The Hall–Kier alpha value is -1.49. The van der Waals surface area contributed by atoms with Crippen molar-refractivity contribution < 1.29 is 14.7 Å². The average Bonchev–Trinajstić information content (AvgIpc) is 2.53. The highest BCUT2D eigenvalue weighted by molar-refractivity contribution is 7.10. The summed E-state index contributed by atoms with van der Waals surface area (Å²) in [5, 5.41) is 8.65. The number of thiazole rings is 1. The standard InChI is InChI=1S/C8H7NO3S/c10-4-2-1-3-6-7(8(11)12)9-5-13-6/h1,3-5H,2H2,(H,11,12). The number of carbonyl (C=O) groups excluding carboxylic acids is 1. The fourth-order valence-corrected chi connectivity index (χ4v) is 1.46. The Labute approximate surface area is 78.5 Å². The van der Waals surface area contributed by atoms with Crippen LogP contribution in [0.1, 0.15) is 21.8 Å². The lowest BCUT2D eigenvalue weighted by Crippen LogP contribution is -1.97. The van der Waals surface area contributed by atoms with Gasteiger partial charge in [0.15, 0.2) is 5.69 Å². The molecule has 1 heterocycles. The molecule has 0 saturated carbocycles. The minimum atomic E-state index is -1.05. The van der Waals surface area contributed by atoms with Crippen LogP contribution in [0.4, 0.5) is 0 Å². The number of hydrogen-bond donors (Lipinski definition) is 1. The maximum atomic E-state index is 10.6. The summed E-state index contributed by atoms with van der Waals surface area (Å²) in [5.74, 6) is -1.05. The first kappa shape index (κ1) is 9.60. The number of rotatable bonds is 4. The van der Waals surface area contributed by atoms with E-state index >= 15 is 0 Å². The van der Waals surface area contributed by atoms with Gasteiger partial charge in [-0.05, 0) is 6.08 Å². The molecular formula is C8H7NO3S. The van der Waals surface area contributed by atoms with Crippen molar-refractivity contribution in [2.75, 3.05) is 0 Å². The van der Waals surface area contributed by atoms with Crippen LogP contribution < -0.4 is 0 Å². The summed E-state index contributed by atoms with van der Waals surface area (Å²) in [6.45, 7) is 0. The molecule has 0 unspecified atom stereocenters. The zero-order valence-electron chi connectivity index (χ0n) is 6.64. The van der Waals surface area contributed by atoms with E-state index in [1.54, 1.807) is 12.2 Å². The molecule has 0 aliphatic heterocycles. The van der Waals surface area contributed by atoms with Gasteiger partial charge in [0.1, 0.15) is 6.29 Å². The van der Waals surface area contributed by atoms with Crippen LogP contribution in [0.25, 0.3) is 6.08 Å². The van der Waals surface area contributed by atoms with E-state index in [4.69, 9.17) is 5.11 Å². The summed E-state index contributed by atoms with van der Waals surface area (Å²) in [7, 11) is 0. The van der Waals surface area contributed by atoms with Gasteiger partial charge in [-0.2, -0.15) is 0 Å². The molecular weight excluding hydrogens is 190 g/mol. The fraction of sp³-hybridized carbons (Fsp3) is 0.125. The van der Waals surface area contributed by atoms with Crippen molar-refractivity contribution in [2.45, 2.75) is 6.42 Å². The average molecular weight is 197 g/mol. The van der Waals surface area contributed by atoms with Crippen LogP contribution in [-0.2, 0) is 4.79 Å². The molecule has 0 saturated heterocycles. The molecule has 0 amide bonds. The second-order valence-electron chi connectivity index (χ2n) is 2.18. The molecule has 13 heavy (non-hydrogen) atoms. The number of aromatic carboxylic acids is 1. The molecule has 1 aromatic heterocycles. The van der Waals surface area contributed by atoms with Gasteiger partial charge in [-0.3, -0.25) is 0 Å². The van der Waals surface area contributed by atoms with E-state index in [2.05, 4.69) is 4.98 Å². The third kappa shape index (κ3) is 2.48. The van der Waals surface area contributed by atoms with Gasteiger partial charge in [0.05, 0.1) is 10.4 Å². The topological polar surface area (TPSA) is 67.3 Å². The molecule has 0 aliphatic carbocycles. The van der Waals surface area contributed by atoms with Crippen molar-refractivity contribution in [3.8, 4) is 0 Å². The van der Waals surface area contributed by atoms with Crippen LogP contribution >= 0.6 is 11.3 Å². The van der Waals surface area contributed by atoms with E-state index in [9.17, 15) is 9.59 Å². The number of hydrogen-bond acceptors (Lipinski definition) is 4. The highest BCUT2D eigenvalue weighted by Crippen LogP contribution is 2.15. The van der Waals surface area contributed by atoms with Gasteiger partial charge in [0.25, 0.3) is 0 Å². The van der Waals surface area contributed by atoms with Gasteiger partial charge in [-0.1, -0.05) is 6.08 Å². The summed E-state index contributed by atoms with van der Waals surface area (Å²) in [6, 6.07) is 0. The summed E-state index contributed by atoms with van der Waals surface area (Å²) in [6.07, 6.45) is 4.23. The maximum absolute atomic E-state index is 10.6. The van der Waals surface area contributed by atoms with E-state index in [0.29, 0.717) is 4.88 Å². The van der Waals surface area contributed by atoms with Crippen LogP contribution in [0.2, 0.25) is 0 Å². The third-order valence-electron chi connectivity index (χ3n) is 1.30. The smallest absolute Gasteiger partial charge is 0.356 e. The number of allylic oxidation sites excluding steroid dienone is 1.